The van der Waals surface area contributed by atoms with Gasteiger partial charge in [0.2, 0.25) is 5.91 Å². The van der Waals surface area contributed by atoms with Gasteiger partial charge in [-0.05, 0) is 59.7 Å². The van der Waals surface area contributed by atoms with Gasteiger partial charge in [0.05, 0.1) is 10.9 Å². The van der Waals surface area contributed by atoms with Gasteiger partial charge in [0.1, 0.15) is 4.33 Å². The van der Waals surface area contributed by atoms with Gasteiger partial charge >= 0.3 is 0 Å². The van der Waals surface area contributed by atoms with Crippen molar-refractivity contribution < 1.29 is 9.59 Å². The predicted octanol–water partition coefficient (Wildman–Crippen LogP) is 7.58. The first-order valence-corrected chi connectivity index (χ1v) is 12.0. The molecule has 1 N–H and O–H groups in total. The summed E-state index contributed by atoms with van der Waals surface area (Å²) in [7, 11) is 0. The molecule has 1 aliphatic carbocycles. The van der Waals surface area contributed by atoms with Crippen LogP contribution in [0, 0.1) is 18.3 Å². The van der Waals surface area contributed by atoms with Gasteiger partial charge in [-0.25, -0.2) is 0 Å². The predicted molar refractivity (Wildman–Crippen MR) is 140 cm³/mol. The minimum Gasteiger partial charge on any atom is -0.326 e. The third kappa shape index (κ3) is 5.23. The van der Waals surface area contributed by atoms with Crippen molar-refractivity contribution in [3.63, 3.8) is 0 Å². The van der Waals surface area contributed by atoms with E-state index in [1.54, 1.807) is 54.6 Å². The fourth-order valence-electron chi connectivity index (χ4n) is 3.86. The SMILES string of the molecule is C#Cc1ccc(CC(=O)c2cc(NC(=O)C3C(c4cc(Cl)cc(Cl)c4)C3(Cl)Cl)ccc2Cl)cc1. The number of hydrogen-bond donors (Lipinski definition) is 1. The summed E-state index contributed by atoms with van der Waals surface area (Å²) in [5.41, 5.74) is 2.89. The quantitative estimate of drug-likeness (QED) is 0.195. The van der Waals surface area contributed by atoms with Crippen molar-refractivity contribution in [2.24, 2.45) is 5.92 Å². The number of rotatable bonds is 6. The molecule has 3 nitrogen and oxygen atoms in total. The molecule has 0 spiro atoms. The van der Waals surface area contributed by atoms with Crippen molar-refractivity contribution >= 4 is 75.4 Å². The number of terminal acetylenes is 1. The number of nitrogens with one attached hydrogen (secondary N) is 1. The zero-order valence-electron chi connectivity index (χ0n) is 17.4. The van der Waals surface area contributed by atoms with Gasteiger partial charge in [-0.2, -0.15) is 0 Å². The number of carbonyl (C=O) groups is 2. The van der Waals surface area contributed by atoms with E-state index in [1.165, 1.54) is 6.07 Å². The summed E-state index contributed by atoms with van der Waals surface area (Å²) in [6.07, 6.45) is 5.50. The van der Waals surface area contributed by atoms with Crippen molar-refractivity contribution in [2.45, 2.75) is 16.7 Å². The Bertz CT molecular complexity index is 1310. The van der Waals surface area contributed by atoms with Crippen LogP contribution < -0.4 is 5.32 Å². The lowest BCUT2D eigenvalue weighted by molar-refractivity contribution is -0.117. The molecule has 1 saturated carbocycles. The minimum absolute atomic E-state index is 0.134. The largest absolute Gasteiger partial charge is 0.326 e. The monoisotopic (exact) mass is 549 g/mol. The van der Waals surface area contributed by atoms with Crippen molar-refractivity contribution in [2.75, 3.05) is 5.32 Å². The molecule has 3 aromatic rings. The highest BCUT2D eigenvalue weighted by molar-refractivity contribution is 6.53. The topological polar surface area (TPSA) is 46.2 Å². The van der Waals surface area contributed by atoms with Crippen LogP contribution in [-0.2, 0) is 11.2 Å². The maximum atomic E-state index is 13.0. The Morgan fingerprint density at radius 3 is 2.21 bits per heavy atom. The molecule has 0 saturated heterocycles. The molecule has 2 atom stereocenters. The van der Waals surface area contributed by atoms with Crippen molar-refractivity contribution in [3.05, 3.63) is 98.0 Å². The lowest BCUT2D eigenvalue weighted by Gasteiger charge is -2.09. The first-order valence-electron chi connectivity index (χ1n) is 10.1. The number of benzene rings is 3. The Labute approximate surface area is 222 Å². The number of Topliss-reactive ketones (excluding diaryl/α,β-unsaturated/α-hetero) is 1. The summed E-state index contributed by atoms with van der Waals surface area (Å²) in [6.45, 7) is 0. The van der Waals surface area contributed by atoms with Crippen LogP contribution in [0.3, 0.4) is 0 Å². The van der Waals surface area contributed by atoms with Gasteiger partial charge in [-0.15, -0.1) is 29.6 Å². The second-order valence-corrected chi connectivity index (χ2v) is 10.7. The van der Waals surface area contributed by atoms with Crippen LogP contribution in [0.2, 0.25) is 15.1 Å². The smallest absolute Gasteiger partial charge is 0.231 e. The van der Waals surface area contributed by atoms with Crippen molar-refractivity contribution in [1.29, 1.82) is 0 Å². The second-order valence-electron chi connectivity index (χ2n) is 7.96. The summed E-state index contributed by atoms with van der Waals surface area (Å²) in [5, 5.41) is 3.91. The first-order chi connectivity index (χ1) is 16.1. The van der Waals surface area contributed by atoms with E-state index in [0.29, 0.717) is 21.3 Å². The highest BCUT2D eigenvalue weighted by atomic mass is 35.5. The van der Waals surface area contributed by atoms with Crippen LogP contribution >= 0.6 is 58.0 Å². The number of ketones is 1. The highest BCUT2D eigenvalue weighted by Crippen LogP contribution is 2.65. The fourth-order valence-corrected chi connectivity index (χ4v) is 5.45. The maximum absolute atomic E-state index is 13.0. The lowest BCUT2D eigenvalue weighted by Crippen LogP contribution is -2.17. The number of alkyl halides is 2. The Hall–Kier alpha value is -2.19. The van der Waals surface area contributed by atoms with Gasteiger partial charge in [0.15, 0.2) is 5.78 Å². The normalized spacial score (nSPS) is 18.1. The zero-order chi connectivity index (χ0) is 24.6. The van der Waals surface area contributed by atoms with E-state index in [0.717, 1.165) is 11.1 Å². The number of halogens is 5. The Balaban J connectivity index is 1.50. The Kier molecular flexibility index (Phi) is 7.20. The molecule has 1 aliphatic rings. The summed E-state index contributed by atoms with van der Waals surface area (Å²) < 4.78 is -1.31. The summed E-state index contributed by atoms with van der Waals surface area (Å²) >= 11 is 31.3. The second kappa shape index (κ2) is 9.82. The number of anilines is 1. The van der Waals surface area contributed by atoms with Crippen LogP contribution in [0.25, 0.3) is 0 Å². The fraction of sp³-hybridized carbons (Fsp3) is 0.154. The molecule has 34 heavy (non-hydrogen) atoms. The average molecular weight is 552 g/mol. The first kappa shape index (κ1) is 24.9. The van der Waals surface area contributed by atoms with Crippen LogP contribution in [-0.4, -0.2) is 16.0 Å². The summed E-state index contributed by atoms with van der Waals surface area (Å²) in [6, 6.07) is 16.8. The van der Waals surface area contributed by atoms with Crippen LogP contribution in [0.5, 0.6) is 0 Å². The molecule has 0 aliphatic heterocycles. The molecular formula is C26H16Cl5NO2. The van der Waals surface area contributed by atoms with E-state index in [1.807, 2.05) is 0 Å². The molecule has 1 amide bonds. The van der Waals surface area contributed by atoms with Gasteiger partial charge in [-0.1, -0.05) is 52.9 Å². The molecule has 3 aromatic carbocycles. The standard InChI is InChI=1S/C26H16Cl5NO2/c1-2-14-3-5-15(6-4-14)9-22(33)20-13-19(7-8-21(20)29)32-25(34)24-23(26(24,30)31)16-10-17(27)12-18(28)11-16/h1,3-8,10-13,23-24H,9H2,(H,32,34). The molecular weight excluding hydrogens is 536 g/mol. The highest BCUT2D eigenvalue weighted by Gasteiger charge is 2.67. The lowest BCUT2D eigenvalue weighted by atomic mass is 10.0. The minimum atomic E-state index is -1.31. The molecule has 0 heterocycles. The molecule has 0 bridgehead atoms. The molecule has 0 radical (unpaired) electrons. The molecule has 8 heteroatoms. The summed E-state index contributed by atoms with van der Waals surface area (Å²) in [5.74, 6) is 0.738. The van der Waals surface area contributed by atoms with Crippen molar-refractivity contribution in [1.82, 2.24) is 0 Å². The third-order valence-corrected chi connectivity index (χ3v) is 7.31. The third-order valence-electron chi connectivity index (χ3n) is 5.60. The van der Waals surface area contributed by atoms with E-state index in [2.05, 4.69) is 11.2 Å². The van der Waals surface area contributed by atoms with Crippen molar-refractivity contribution in [3.8, 4) is 12.3 Å². The molecule has 172 valence electrons. The Morgan fingerprint density at radius 1 is 0.941 bits per heavy atom. The van der Waals surface area contributed by atoms with Crippen LogP contribution in [0.4, 0.5) is 5.69 Å². The molecule has 4 rings (SSSR count). The number of amides is 1. The average Bonchev–Trinajstić information content (AvgIpc) is 3.37. The van der Waals surface area contributed by atoms with E-state index in [-0.39, 0.29) is 22.8 Å². The molecule has 0 aromatic heterocycles. The maximum Gasteiger partial charge on any atom is 0.231 e. The van der Waals surface area contributed by atoms with Gasteiger partial charge in [0.25, 0.3) is 0 Å². The van der Waals surface area contributed by atoms with E-state index >= 15 is 0 Å². The van der Waals surface area contributed by atoms with E-state index < -0.39 is 22.1 Å². The number of hydrogen-bond acceptors (Lipinski definition) is 2. The van der Waals surface area contributed by atoms with Gasteiger partial charge in [-0.3, -0.25) is 9.59 Å². The van der Waals surface area contributed by atoms with Gasteiger partial charge in [0, 0.05) is 39.2 Å². The Morgan fingerprint density at radius 2 is 1.59 bits per heavy atom. The van der Waals surface area contributed by atoms with E-state index in [4.69, 9.17) is 64.4 Å². The molecule has 1 fully saturated rings. The van der Waals surface area contributed by atoms with Crippen LogP contribution in [0.1, 0.15) is 33.0 Å². The number of carbonyl (C=O) groups excluding carboxylic acids is 2. The zero-order valence-corrected chi connectivity index (χ0v) is 21.2. The molecule has 2 unspecified atom stereocenters. The summed E-state index contributed by atoms with van der Waals surface area (Å²) in [4.78, 5) is 25.9. The van der Waals surface area contributed by atoms with E-state index in [9.17, 15) is 9.59 Å². The van der Waals surface area contributed by atoms with Crippen LogP contribution in [0.15, 0.2) is 60.7 Å². The van der Waals surface area contributed by atoms with Gasteiger partial charge < -0.3 is 5.32 Å².